The van der Waals surface area contributed by atoms with Crippen molar-refractivity contribution in [1.82, 2.24) is 14.9 Å². The monoisotopic (exact) mass is 460 g/mol. The van der Waals surface area contributed by atoms with E-state index in [0.29, 0.717) is 36.5 Å². The molecule has 1 N–H and O–H groups in total. The van der Waals surface area contributed by atoms with E-state index in [1.165, 1.54) is 23.2 Å². The predicted molar refractivity (Wildman–Crippen MR) is 115 cm³/mol. The number of amides is 2. The number of pyridine rings is 2. The van der Waals surface area contributed by atoms with Gasteiger partial charge in [0, 0.05) is 30.7 Å². The lowest BCUT2D eigenvalue weighted by atomic mass is 9.87. The fourth-order valence-electron chi connectivity index (χ4n) is 3.82. The summed E-state index contributed by atoms with van der Waals surface area (Å²) in [4.78, 5) is 34.4. The number of halogens is 3. The van der Waals surface area contributed by atoms with Crippen molar-refractivity contribution < 1.29 is 23.1 Å². The van der Waals surface area contributed by atoms with Crippen LogP contribution in [0.2, 0.25) is 5.02 Å². The molecule has 7 nitrogen and oxygen atoms in total. The maximum Gasteiger partial charge on any atom is 0.388 e. The first-order valence-electron chi connectivity index (χ1n) is 9.97. The van der Waals surface area contributed by atoms with E-state index in [4.69, 9.17) is 11.6 Å². The lowest BCUT2D eigenvalue weighted by molar-refractivity contribution is -0.143. The zero-order valence-electron chi connectivity index (χ0n) is 16.8. The van der Waals surface area contributed by atoms with Gasteiger partial charge in [0.2, 0.25) is 5.88 Å². The molecule has 0 aliphatic carbocycles. The largest absolute Gasteiger partial charge is 0.417 e. The fraction of sp³-hybridized carbons (Fsp3) is 0.273. The maximum absolute atomic E-state index is 12.7. The molecule has 0 unspecified atom stereocenters. The third-order valence-corrected chi connectivity index (χ3v) is 5.54. The molecule has 1 aliphatic heterocycles. The lowest BCUT2D eigenvalue weighted by Gasteiger charge is -2.32. The number of carbonyl (C=O) groups excluding carboxylic acids is 2. The van der Waals surface area contributed by atoms with Crippen LogP contribution >= 0.6 is 11.6 Å². The second kappa shape index (κ2) is 9.44. The molecule has 166 valence electrons. The standard InChI is InChI=1S/C22H19ClF2N4O3/c23-14-5-6-18(26-12-14)28-20(30)21(31)29-9-7-13(8-10-29)16-11-19(32-22(24)25)27-17-4-2-1-3-15(16)17/h1-6,11-13,22H,7-10H2,(H,26,28,30). The number of para-hydroxylation sites is 1. The number of likely N-dealkylation sites (tertiary alicyclic amines) is 1. The SMILES string of the molecule is O=C(Nc1ccc(Cl)cn1)C(=O)N1CCC(c2cc(OC(F)F)nc3ccccc23)CC1. The second-order valence-electron chi connectivity index (χ2n) is 7.33. The van der Waals surface area contributed by atoms with Gasteiger partial charge in [0.25, 0.3) is 0 Å². The molecule has 1 fully saturated rings. The summed E-state index contributed by atoms with van der Waals surface area (Å²) in [5.41, 5.74) is 1.40. The van der Waals surface area contributed by atoms with Crippen molar-refractivity contribution in [1.29, 1.82) is 0 Å². The van der Waals surface area contributed by atoms with Crippen molar-refractivity contribution in [3.63, 3.8) is 0 Å². The number of fused-ring (bicyclic) bond motifs is 1. The highest BCUT2D eigenvalue weighted by atomic mass is 35.5. The van der Waals surface area contributed by atoms with Crippen molar-refractivity contribution in [3.05, 3.63) is 59.2 Å². The van der Waals surface area contributed by atoms with Gasteiger partial charge in [-0.2, -0.15) is 8.78 Å². The minimum Gasteiger partial charge on any atom is -0.417 e. The smallest absolute Gasteiger partial charge is 0.388 e. The summed E-state index contributed by atoms with van der Waals surface area (Å²) in [5.74, 6) is -1.32. The summed E-state index contributed by atoms with van der Waals surface area (Å²) in [6, 6.07) is 11.9. The molecule has 10 heteroatoms. The number of nitrogens with zero attached hydrogens (tertiary/aromatic N) is 3. The second-order valence-corrected chi connectivity index (χ2v) is 7.76. The molecule has 3 aromatic rings. The van der Waals surface area contributed by atoms with Gasteiger partial charge >= 0.3 is 18.4 Å². The van der Waals surface area contributed by atoms with Gasteiger partial charge in [-0.25, -0.2) is 9.97 Å². The van der Waals surface area contributed by atoms with Gasteiger partial charge in [0.15, 0.2) is 0 Å². The highest BCUT2D eigenvalue weighted by molar-refractivity contribution is 6.39. The van der Waals surface area contributed by atoms with Crippen LogP contribution in [0.25, 0.3) is 10.9 Å². The summed E-state index contributed by atoms with van der Waals surface area (Å²) in [5, 5.41) is 3.73. The molecular weight excluding hydrogens is 442 g/mol. The molecule has 3 heterocycles. The van der Waals surface area contributed by atoms with E-state index in [2.05, 4.69) is 20.0 Å². The molecular formula is C22H19ClF2N4O3. The zero-order valence-corrected chi connectivity index (χ0v) is 17.6. The van der Waals surface area contributed by atoms with Gasteiger partial charge in [-0.15, -0.1) is 0 Å². The van der Waals surface area contributed by atoms with Crippen LogP contribution in [-0.2, 0) is 9.59 Å². The Labute approximate surface area is 187 Å². The van der Waals surface area contributed by atoms with Crippen molar-refractivity contribution in [2.45, 2.75) is 25.4 Å². The number of alkyl halides is 2. The molecule has 32 heavy (non-hydrogen) atoms. The number of benzene rings is 1. The molecule has 2 amide bonds. The van der Waals surface area contributed by atoms with Crippen LogP contribution < -0.4 is 10.1 Å². The Kier molecular flexibility index (Phi) is 6.45. The quantitative estimate of drug-likeness (QED) is 0.589. The number of carbonyl (C=O) groups is 2. The van der Waals surface area contributed by atoms with Gasteiger partial charge in [0.1, 0.15) is 5.82 Å². The van der Waals surface area contributed by atoms with E-state index < -0.39 is 18.4 Å². The van der Waals surface area contributed by atoms with Crippen LogP contribution in [0, 0.1) is 0 Å². The van der Waals surface area contributed by atoms with Crippen molar-refractivity contribution in [3.8, 4) is 5.88 Å². The Morgan fingerprint density at radius 2 is 1.91 bits per heavy atom. The molecule has 0 atom stereocenters. The third kappa shape index (κ3) is 4.94. The van der Waals surface area contributed by atoms with Crippen LogP contribution in [0.1, 0.15) is 24.3 Å². The molecule has 0 spiro atoms. The number of anilines is 1. The average Bonchev–Trinajstić information content (AvgIpc) is 2.79. The lowest BCUT2D eigenvalue weighted by Crippen LogP contribution is -2.43. The molecule has 4 rings (SSSR count). The molecule has 2 aromatic heterocycles. The van der Waals surface area contributed by atoms with Crippen LogP contribution in [0.5, 0.6) is 5.88 Å². The number of rotatable bonds is 4. The van der Waals surface area contributed by atoms with Crippen molar-refractivity contribution in [2.24, 2.45) is 0 Å². The summed E-state index contributed by atoms with van der Waals surface area (Å²) in [6.45, 7) is -2.26. The Bertz CT molecular complexity index is 1140. The fourth-order valence-corrected chi connectivity index (χ4v) is 3.93. The van der Waals surface area contributed by atoms with Crippen LogP contribution in [-0.4, -0.2) is 46.4 Å². The van der Waals surface area contributed by atoms with Gasteiger partial charge in [0.05, 0.1) is 10.5 Å². The van der Waals surface area contributed by atoms with E-state index in [0.717, 1.165) is 10.9 Å². The first-order valence-corrected chi connectivity index (χ1v) is 10.3. The first kappa shape index (κ1) is 21.9. The minimum atomic E-state index is -2.97. The topological polar surface area (TPSA) is 84.4 Å². The van der Waals surface area contributed by atoms with Crippen LogP contribution in [0.15, 0.2) is 48.7 Å². The summed E-state index contributed by atoms with van der Waals surface area (Å²) >= 11 is 5.77. The third-order valence-electron chi connectivity index (χ3n) is 5.32. The normalized spacial score (nSPS) is 14.6. The highest BCUT2D eigenvalue weighted by Gasteiger charge is 2.29. The molecule has 0 radical (unpaired) electrons. The van der Waals surface area contributed by atoms with Crippen LogP contribution in [0.4, 0.5) is 14.6 Å². The van der Waals surface area contributed by atoms with E-state index in [1.807, 2.05) is 12.1 Å². The van der Waals surface area contributed by atoms with E-state index in [-0.39, 0.29) is 17.6 Å². The van der Waals surface area contributed by atoms with Crippen molar-refractivity contribution in [2.75, 3.05) is 18.4 Å². The number of piperidine rings is 1. The van der Waals surface area contributed by atoms with Gasteiger partial charge in [-0.05, 0) is 42.5 Å². The highest BCUT2D eigenvalue weighted by Crippen LogP contribution is 2.35. The summed E-state index contributed by atoms with van der Waals surface area (Å²) in [6.07, 6.45) is 2.51. The molecule has 0 bridgehead atoms. The van der Waals surface area contributed by atoms with Crippen LogP contribution in [0.3, 0.4) is 0 Å². The zero-order chi connectivity index (χ0) is 22.7. The number of nitrogens with one attached hydrogen (secondary N) is 1. The molecule has 1 aliphatic rings. The summed E-state index contributed by atoms with van der Waals surface area (Å²) in [7, 11) is 0. The average molecular weight is 461 g/mol. The number of hydrogen-bond acceptors (Lipinski definition) is 5. The van der Waals surface area contributed by atoms with Gasteiger partial charge < -0.3 is 15.0 Å². The van der Waals surface area contributed by atoms with Crippen molar-refractivity contribution >= 4 is 40.1 Å². The van der Waals surface area contributed by atoms with E-state index in [1.54, 1.807) is 18.2 Å². The molecule has 0 saturated carbocycles. The number of hydrogen-bond donors (Lipinski definition) is 1. The minimum absolute atomic E-state index is 0.00738. The predicted octanol–water partition coefficient (Wildman–Crippen LogP) is 4.23. The van der Waals surface area contributed by atoms with Gasteiger partial charge in [-0.3, -0.25) is 9.59 Å². The Morgan fingerprint density at radius 1 is 1.16 bits per heavy atom. The number of aromatic nitrogens is 2. The molecule has 1 aromatic carbocycles. The Balaban J connectivity index is 1.45. The number of ether oxygens (including phenoxy) is 1. The Morgan fingerprint density at radius 3 is 2.59 bits per heavy atom. The summed E-state index contributed by atoms with van der Waals surface area (Å²) < 4.78 is 30.0. The first-order chi connectivity index (χ1) is 15.4. The van der Waals surface area contributed by atoms with Gasteiger partial charge in [-0.1, -0.05) is 29.8 Å². The van der Waals surface area contributed by atoms with E-state index >= 15 is 0 Å². The Hall–Kier alpha value is -3.33. The van der Waals surface area contributed by atoms with E-state index in [9.17, 15) is 18.4 Å². The molecule has 1 saturated heterocycles. The maximum atomic E-state index is 12.7.